The van der Waals surface area contributed by atoms with E-state index in [0.717, 1.165) is 28.6 Å². The number of aryl methyl sites for hydroxylation is 2. The average molecular weight is 338 g/mol. The van der Waals surface area contributed by atoms with Gasteiger partial charge in [0, 0.05) is 16.7 Å². The lowest BCUT2D eigenvalue weighted by Crippen LogP contribution is -2.24. The maximum Gasteiger partial charge on any atom is 0.255 e. The van der Waals surface area contributed by atoms with Crippen molar-refractivity contribution in [3.63, 3.8) is 0 Å². The zero-order valence-electron chi connectivity index (χ0n) is 11.1. The Labute approximate surface area is 125 Å². The summed E-state index contributed by atoms with van der Waals surface area (Å²) in [7, 11) is 0. The molecule has 0 saturated heterocycles. The Morgan fingerprint density at radius 1 is 1.50 bits per heavy atom. The summed E-state index contributed by atoms with van der Waals surface area (Å²) >= 11 is 3.24. The number of benzene rings is 1. The van der Waals surface area contributed by atoms with Crippen LogP contribution < -0.4 is 5.32 Å². The minimum absolute atomic E-state index is 0.0254. The van der Waals surface area contributed by atoms with Gasteiger partial charge in [-0.3, -0.25) is 9.89 Å². The Balaban J connectivity index is 1.82. The fourth-order valence-corrected chi connectivity index (χ4v) is 2.25. The molecule has 0 bridgehead atoms. The standard InChI is InChI=1S/C14H16BrN3O2/c1-9-10(8-17-18-9)3-2-6-16-14(20)12-5-4-11(15)7-13(12)19/h4-5,7-8,19H,2-3,6H2,1H3,(H,16,20)(H,17,18). The largest absolute Gasteiger partial charge is 0.507 e. The molecule has 1 heterocycles. The number of aromatic amines is 1. The van der Waals surface area contributed by atoms with Crippen LogP contribution in [0.2, 0.25) is 0 Å². The molecule has 1 aromatic carbocycles. The highest BCUT2D eigenvalue weighted by Crippen LogP contribution is 2.22. The van der Waals surface area contributed by atoms with E-state index < -0.39 is 0 Å². The van der Waals surface area contributed by atoms with Crippen LogP contribution in [0.25, 0.3) is 0 Å². The molecule has 0 aliphatic rings. The summed E-state index contributed by atoms with van der Waals surface area (Å²) in [5, 5.41) is 19.3. The van der Waals surface area contributed by atoms with Crippen LogP contribution in [0, 0.1) is 6.92 Å². The van der Waals surface area contributed by atoms with Gasteiger partial charge in [-0.2, -0.15) is 5.10 Å². The van der Waals surface area contributed by atoms with Gasteiger partial charge in [-0.15, -0.1) is 0 Å². The number of hydrogen-bond donors (Lipinski definition) is 3. The lowest BCUT2D eigenvalue weighted by Gasteiger charge is -2.07. The van der Waals surface area contributed by atoms with Gasteiger partial charge >= 0.3 is 0 Å². The van der Waals surface area contributed by atoms with Crippen molar-refractivity contribution < 1.29 is 9.90 Å². The summed E-state index contributed by atoms with van der Waals surface area (Å²) in [6.07, 6.45) is 3.48. The molecule has 0 radical (unpaired) electrons. The number of phenolic OH excluding ortho intramolecular Hbond substituents is 1. The molecule has 0 aliphatic carbocycles. The molecule has 2 rings (SSSR count). The van der Waals surface area contributed by atoms with E-state index >= 15 is 0 Å². The minimum Gasteiger partial charge on any atom is -0.507 e. The summed E-state index contributed by atoms with van der Waals surface area (Å²) in [4.78, 5) is 11.9. The van der Waals surface area contributed by atoms with Crippen LogP contribution in [-0.2, 0) is 6.42 Å². The predicted octanol–water partition coefficient (Wildman–Crippen LogP) is 2.55. The number of aromatic nitrogens is 2. The zero-order chi connectivity index (χ0) is 14.5. The molecule has 0 aliphatic heterocycles. The van der Waals surface area contributed by atoms with E-state index in [2.05, 4.69) is 31.4 Å². The zero-order valence-corrected chi connectivity index (χ0v) is 12.7. The van der Waals surface area contributed by atoms with Crippen molar-refractivity contribution in [3.8, 4) is 5.75 Å². The number of phenols is 1. The van der Waals surface area contributed by atoms with Gasteiger partial charge in [0.1, 0.15) is 5.75 Å². The fraction of sp³-hybridized carbons (Fsp3) is 0.286. The molecule has 6 heteroatoms. The maximum atomic E-state index is 11.9. The fourth-order valence-electron chi connectivity index (χ4n) is 1.90. The molecule has 0 fully saturated rings. The summed E-state index contributed by atoms with van der Waals surface area (Å²) in [6.45, 7) is 2.53. The van der Waals surface area contributed by atoms with Gasteiger partial charge in [-0.1, -0.05) is 15.9 Å². The van der Waals surface area contributed by atoms with Crippen molar-refractivity contribution in [1.29, 1.82) is 0 Å². The topological polar surface area (TPSA) is 78.0 Å². The third-order valence-electron chi connectivity index (χ3n) is 3.05. The first kappa shape index (κ1) is 14.6. The lowest BCUT2D eigenvalue weighted by molar-refractivity contribution is 0.0950. The van der Waals surface area contributed by atoms with Crippen LogP contribution in [-0.4, -0.2) is 27.8 Å². The average Bonchev–Trinajstić information content (AvgIpc) is 2.80. The number of amides is 1. The number of hydrogen-bond acceptors (Lipinski definition) is 3. The van der Waals surface area contributed by atoms with E-state index in [9.17, 15) is 9.90 Å². The van der Waals surface area contributed by atoms with E-state index in [4.69, 9.17) is 0 Å². The third-order valence-corrected chi connectivity index (χ3v) is 3.54. The smallest absolute Gasteiger partial charge is 0.255 e. The highest BCUT2D eigenvalue weighted by molar-refractivity contribution is 9.10. The van der Waals surface area contributed by atoms with Gasteiger partial charge < -0.3 is 10.4 Å². The monoisotopic (exact) mass is 337 g/mol. The number of aromatic hydroxyl groups is 1. The molecule has 1 amide bonds. The Morgan fingerprint density at radius 2 is 2.30 bits per heavy atom. The molecule has 0 spiro atoms. The van der Waals surface area contributed by atoms with Crippen LogP contribution in [0.4, 0.5) is 0 Å². The number of H-pyrrole nitrogens is 1. The van der Waals surface area contributed by atoms with Crippen molar-refractivity contribution >= 4 is 21.8 Å². The molecule has 0 saturated carbocycles. The van der Waals surface area contributed by atoms with Crippen molar-refractivity contribution in [3.05, 3.63) is 45.7 Å². The quantitative estimate of drug-likeness (QED) is 0.733. The van der Waals surface area contributed by atoms with Gasteiger partial charge in [0.2, 0.25) is 0 Å². The van der Waals surface area contributed by atoms with Crippen LogP contribution in [0.1, 0.15) is 28.0 Å². The summed E-state index contributed by atoms with van der Waals surface area (Å²) in [6, 6.07) is 4.82. The van der Waals surface area contributed by atoms with Crippen molar-refractivity contribution in [2.45, 2.75) is 19.8 Å². The Bertz CT molecular complexity index is 610. The van der Waals surface area contributed by atoms with Crippen LogP contribution >= 0.6 is 15.9 Å². The van der Waals surface area contributed by atoms with Crippen molar-refractivity contribution in [2.75, 3.05) is 6.54 Å². The van der Waals surface area contributed by atoms with Gasteiger partial charge in [0.05, 0.1) is 11.8 Å². The SMILES string of the molecule is Cc1[nH]ncc1CCCNC(=O)c1ccc(Br)cc1O. The third kappa shape index (κ3) is 3.60. The van der Waals surface area contributed by atoms with Gasteiger partial charge in [-0.25, -0.2) is 0 Å². The predicted molar refractivity (Wildman–Crippen MR) is 79.8 cm³/mol. The molecule has 0 atom stereocenters. The number of nitrogens with zero attached hydrogens (tertiary/aromatic N) is 1. The summed E-state index contributed by atoms with van der Waals surface area (Å²) < 4.78 is 0.738. The Kier molecular flexibility index (Phi) is 4.79. The van der Waals surface area contributed by atoms with Crippen LogP contribution in [0.3, 0.4) is 0 Å². The molecule has 5 nitrogen and oxygen atoms in total. The minimum atomic E-state index is -0.265. The van der Waals surface area contributed by atoms with Crippen molar-refractivity contribution in [2.24, 2.45) is 0 Å². The molecule has 106 valence electrons. The van der Waals surface area contributed by atoms with Crippen LogP contribution in [0.15, 0.2) is 28.9 Å². The molecule has 2 aromatic rings. The number of rotatable bonds is 5. The first-order chi connectivity index (χ1) is 9.58. The second-order valence-electron chi connectivity index (χ2n) is 4.54. The van der Waals surface area contributed by atoms with Gasteiger partial charge in [0.25, 0.3) is 5.91 Å². The number of nitrogens with one attached hydrogen (secondary N) is 2. The molecule has 20 heavy (non-hydrogen) atoms. The van der Waals surface area contributed by atoms with Gasteiger partial charge in [-0.05, 0) is 43.5 Å². The van der Waals surface area contributed by atoms with Crippen molar-refractivity contribution in [1.82, 2.24) is 15.5 Å². The maximum absolute atomic E-state index is 11.9. The number of carbonyl (C=O) groups is 1. The normalized spacial score (nSPS) is 10.5. The highest BCUT2D eigenvalue weighted by atomic mass is 79.9. The Morgan fingerprint density at radius 3 is 2.95 bits per heavy atom. The molecule has 3 N–H and O–H groups in total. The highest BCUT2D eigenvalue weighted by Gasteiger charge is 2.10. The number of carbonyl (C=O) groups excluding carboxylic acids is 1. The van der Waals surface area contributed by atoms with E-state index in [1.165, 1.54) is 6.07 Å². The molecule has 0 unspecified atom stereocenters. The first-order valence-corrected chi connectivity index (χ1v) is 7.13. The molecule has 1 aromatic heterocycles. The van der Waals surface area contributed by atoms with Crippen LogP contribution in [0.5, 0.6) is 5.75 Å². The van der Waals surface area contributed by atoms with E-state index in [0.29, 0.717) is 6.54 Å². The second-order valence-corrected chi connectivity index (χ2v) is 5.46. The van der Waals surface area contributed by atoms with E-state index in [-0.39, 0.29) is 17.2 Å². The molecular weight excluding hydrogens is 322 g/mol. The summed E-state index contributed by atoms with van der Waals surface area (Å²) in [5.41, 5.74) is 2.50. The summed E-state index contributed by atoms with van der Waals surface area (Å²) in [5.74, 6) is -0.290. The van der Waals surface area contributed by atoms with E-state index in [1.54, 1.807) is 18.3 Å². The number of halogens is 1. The lowest BCUT2D eigenvalue weighted by atomic mass is 10.1. The van der Waals surface area contributed by atoms with E-state index in [1.807, 2.05) is 6.92 Å². The molecular formula is C14H16BrN3O2. The second kappa shape index (κ2) is 6.56. The van der Waals surface area contributed by atoms with Gasteiger partial charge in [0.15, 0.2) is 0 Å². The Hall–Kier alpha value is -1.82. The first-order valence-electron chi connectivity index (χ1n) is 6.33.